The fourth-order valence-corrected chi connectivity index (χ4v) is 16.8. The average molecular weight is 587 g/mol. The number of ether oxygens (including phenoxy) is 3. The summed E-state index contributed by atoms with van der Waals surface area (Å²) in [6.07, 6.45) is -0.737. The Hall–Kier alpha value is -1.62. The summed E-state index contributed by atoms with van der Waals surface area (Å²) in [6, 6.07) is 1.25. The van der Waals surface area contributed by atoms with Crippen LogP contribution in [0.5, 0.6) is 0 Å². The Bertz CT molecular complexity index is 1070. The molecule has 0 aromatic carbocycles. The monoisotopic (exact) mass is 586 g/mol. The Labute approximate surface area is 233 Å². The van der Waals surface area contributed by atoms with Crippen LogP contribution in [0.25, 0.3) is 0 Å². The Morgan fingerprint density at radius 1 is 1.05 bits per heavy atom. The fraction of sp³-hybridized carbons (Fsp3) is 0.808. The number of carbonyl (C=O) groups is 1. The van der Waals surface area contributed by atoms with Crippen LogP contribution in [0.15, 0.2) is 21.9 Å². The van der Waals surface area contributed by atoms with E-state index in [-0.39, 0.29) is 48.0 Å². The number of aromatic amines is 1. The van der Waals surface area contributed by atoms with Crippen molar-refractivity contribution >= 4 is 23.1 Å². The molecule has 13 heteroatoms. The number of carbonyl (C=O) groups excluding carboxylic acids is 1. The van der Waals surface area contributed by atoms with Crippen LogP contribution >= 0.6 is 0 Å². The van der Waals surface area contributed by atoms with Crippen molar-refractivity contribution in [1.29, 1.82) is 0 Å². The van der Waals surface area contributed by atoms with Gasteiger partial charge in [-0.15, -0.1) is 0 Å². The molecular weight excluding hydrogens is 540 g/mol. The lowest BCUT2D eigenvalue weighted by Gasteiger charge is -2.51. The number of fused-ring (bicyclic) bond motifs is 1. The quantitative estimate of drug-likeness (QED) is 0.245. The molecule has 3 heterocycles. The molecule has 1 aromatic heterocycles. The molecule has 0 saturated carbocycles. The zero-order chi connectivity index (χ0) is 29.1. The van der Waals surface area contributed by atoms with Crippen LogP contribution < -0.4 is 11.2 Å². The largest absolute Gasteiger partial charge is 0.438 e. The highest BCUT2D eigenvalue weighted by molar-refractivity contribution is 6.84. The highest BCUT2D eigenvalue weighted by Crippen LogP contribution is 2.48. The van der Waals surface area contributed by atoms with E-state index >= 15 is 0 Å². The van der Waals surface area contributed by atoms with Crippen LogP contribution in [-0.4, -0.2) is 64.4 Å². The second-order valence-electron chi connectivity index (χ2n) is 11.7. The lowest BCUT2D eigenvalue weighted by Crippen LogP contribution is -2.66. The maximum absolute atomic E-state index is 12.8. The van der Waals surface area contributed by atoms with E-state index in [2.05, 4.69) is 60.4 Å². The zero-order valence-electron chi connectivity index (χ0n) is 24.7. The van der Waals surface area contributed by atoms with E-state index in [4.69, 9.17) is 27.2 Å². The number of aromatic nitrogens is 2. The van der Waals surface area contributed by atoms with Gasteiger partial charge in [-0.3, -0.25) is 19.1 Å². The molecule has 39 heavy (non-hydrogen) atoms. The second kappa shape index (κ2) is 12.9. The summed E-state index contributed by atoms with van der Waals surface area (Å²) in [7, 11) is -5.81. The van der Waals surface area contributed by atoms with Gasteiger partial charge in [0.25, 0.3) is 5.56 Å². The molecule has 11 nitrogen and oxygen atoms in total. The van der Waals surface area contributed by atoms with Crippen LogP contribution in [0.1, 0.15) is 81.4 Å². The van der Waals surface area contributed by atoms with E-state index < -0.39 is 52.9 Å². The fourth-order valence-electron chi connectivity index (χ4n) is 5.61. The molecule has 0 amide bonds. The molecule has 2 saturated heterocycles. The van der Waals surface area contributed by atoms with Crippen molar-refractivity contribution in [3.63, 3.8) is 0 Å². The van der Waals surface area contributed by atoms with Crippen LogP contribution in [0.4, 0.5) is 0 Å². The lowest BCUT2D eigenvalue weighted by molar-refractivity contribution is -0.171. The van der Waals surface area contributed by atoms with E-state index in [0.29, 0.717) is 6.42 Å². The van der Waals surface area contributed by atoms with Crippen molar-refractivity contribution < 1.29 is 32.0 Å². The van der Waals surface area contributed by atoms with Crippen LogP contribution in [0.2, 0.25) is 22.2 Å². The Morgan fingerprint density at radius 2 is 1.67 bits per heavy atom. The number of hydrogen-bond acceptors (Lipinski definition) is 9. The van der Waals surface area contributed by atoms with Crippen LogP contribution in [0, 0.1) is 0 Å². The van der Waals surface area contributed by atoms with Gasteiger partial charge in [0.2, 0.25) is 0 Å². The molecular formula is C26H46N2O9Si2. The van der Waals surface area contributed by atoms with E-state index in [9.17, 15) is 14.4 Å². The third-order valence-electron chi connectivity index (χ3n) is 7.68. The van der Waals surface area contributed by atoms with Gasteiger partial charge in [-0.25, -0.2) is 4.79 Å². The first-order valence-corrected chi connectivity index (χ1v) is 18.0. The van der Waals surface area contributed by atoms with Gasteiger partial charge in [0.15, 0.2) is 13.0 Å². The van der Waals surface area contributed by atoms with Gasteiger partial charge in [0, 0.05) is 18.7 Å². The minimum absolute atomic E-state index is 0.0714. The molecule has 4 atom stereocenters. The number of rotatable bonds is 10. The topological polar surface area (TPSA) is 127 Å². The van der Waals surface area contributed by atoms with E-state index in [0.717, 1.165) is 0 Å². The summed E-state index contributed by atoms with van der Waals surface area (Å²) in [6.45, 7) is 18.8. The van der Waals surface area contributed by atoms with Crippen molar-refractivity contribution in [2.45, 2.75) is 122 Å². The summed E-state index contributed by atoms with van der Waals surface area (Å²) in [4.78, 5) is 38.9. The highest BCUT2D eigenvalue weighted by Gasteiger charge is 2.62. The summed E-state index contributed by atoms with van der Waals surface area (Å²) in [5, 5.41) is 0. The summed E-state index contributed by atoms with van der Waals surface area (Å²) in [5.74, 6) is -0.381. The van der Waals surface area contributed by atoms with Gasteiger partial charge in [-0.05, 0) is 28.6 Å². The molecule has 2 aliphatic heterocycles. The maximum atomic E-state index is 12.8. The van der Waals surface area contributed by atoms with E-state index in [1.165, 1.54) is 16.8 Å². The first-order valence-electron chi connectivity index (χ1n) is 14.0. The van der Waals surface area contributed by atoms with Gasteiger partial charge >= 0.3 is 28.8 Å². The molecule has 2 aliphatic rings. The van der Waals surface area contributed by atoms with Crippen molar-refractivity contribution in [3.8, 4) is 0 Å². The van der Waals surface area contributed by atoms with Crippen molar-refractivity contribution in [3.05, 3.63) is 33.1 Å². The second-order valence-corrected chi connectivity index (χ2v) is 20.5. The third-order valence-corrected chi connectivity index (χ3v) is 17.9. The Kier molecular flexibility index (Phi) is 10.6. The maximum Gasteiger partial charge on any atom is 0.335 e. The summed E-state index contributed by atoms with van der Waals surface area (Å²) >= 11 is 0. The first kappa shape index (κ1) is 31.9. The number of H-pyrrole nitrogens is 1. The van der Waals surface area contributed by atoms with Gasteiger partial charge < -0.3 is 27.2 Å². The highest BCUT2D eigenvalue weighted by atomic mass is 28.5. The standard InChI is InChI=1S/C26H46N2O9Si2/c1-10-11-22(30)32-15-33-24-23-20(35-25(24)28-13-12-21(29)27-26(28)31)14-34-38(16(2)3,17(4)5)37-39(36-23,18(6)7)19(8)9/h12-13,16-20,23-25H,10-11,14-15H2,1-9H3,(H,27,29,31)/t20-,23-,24-,25-/m1/s1. The number of esters is 1. The SMILES string of the molecule is CCCC(=O)OCO[C@@H]1[C@@H]2O[Si](C(C)C)(C(C)C)O[Si](C(C)C)(C(C)C)OC[C@H]2O[C@H]1n1ccc(=O)[nH]c1=O. The predicted molar refractivity (Wildman–Crippen MR) is 150 cm³/mol. The molecule has 1 N–H and O–H groups in total. The molecule has 0 aliphatic carbocycles. The average Bonchev–Trinajstić information content (AvgIpc) is 3.14. The van der Waals surface area contributed by atoms with Crippen molar-refractivity contribution in [1.82, 2.24) is 9.55 Å². The number of hydrogen-bond donors (Lipinski definition) is 1. The third kappa shape index (κ3) is 6.49. The molecule has 3 rings (SSSR count). The number of nitrogens with zero attached hydrogens (tertiary/aromatic N) is 1. The van der Waals surface area contributed by atoms with E-state index in [1.54, 1.807) is 0 Å². The predicted octanol–water partition coefficient (Wildman–Crippen LogP) is 4.08. The molecule has 0 unspecified atom stereocenters. The summed E-state index contributed by atoms with van der Waals surface area (Å²) in [5.41, 5.74) is -0.698. The van der Waals surface area contributed by atoms with Crippen LogP contribution in [0.3, 0.4) is 0 Å². The van der Waals surface area contributed by atoms with Gasteiger partial charge in [-0.1, -0.05) is 62.3 Å². The zero-order valence-corrected chi connectivity index (χ0v) is 26.7. The number of nitrogens with one attached hydrogen (secondary N) is 1. The molecule has 1 aromatic rings. The van der Waals surface area contributed by atoms with Crippen LogP contribution in [-0.2, 0) is 32.0 Å². The molecule has 222 valence electrons. The molecule has 0 radical (unpaired) electrons. The van der Waals surface area contributed by atoms with E-state index in [1.807, 2.05) is 6.92 Å². The summed E-state index contributed by atoms with van der Waals surface area (Å²) < 4.78 is 40.3. The minimum Gasteiger partial charge on any atom is -0.438 e. The smallest absolute Gasteiger partial charge is 0.335 e. The minimum atomic E-state index is -3.01. The Balaban J connectivity index is 2.09. The van der Waals surface area contributed by atoms with Gasteiger partial charge in [-0.2, -0.15) is 0 Å². The molecule has 2 fully saturated rings. The van der Waals surface area contributed by atoms with Gasteiger partial charge in [0.05, 0.1) is 6.61 Å². The normalized spacial score (nSPS) is 26.6. The van der Waals surface area contributed by atoms with Crippen molar-refractivity contribution in [2.24, 2.45) is 0 Å². The Morgan fingerprint density at radius 3 is 2.21 bits per heavy atom. The lowest BCUT2D eigenvalue weighted by atomic mass is 10.1. The van der Waals surface area contributed by atoms with Gasteiger partial charge in [0.1, 0.15) is 18.3 Å². The molecule has 0 bridgehead atoms. The first-order chi connectivity index (χ1) is 18.3. The molecule has 0 spiro atoms. The van der Waals surface area contributed by atoms with Crippen molar-refractivity contribution in [2.75, 3.05) is 13.4 Å².